The Hall–Kier alpha value is -3.64. The number of carbonyl (C=O) groups is 2. The number of aliphatic hydroxyl groups is 2. The van der Waals surface area contributed by atoms with Crippen molar-refractivity contribution in [3.63, 3.8) is 0 Å². The largest absolute Gasteiger partial charge is 0.380 e. The Labute approximate surface area is 197 Å². The van der Waals surface area contributed by atoms with Gasteiger partial charge in [0.2, 0.25) is 0 Å². The van der Waals surface area contributed by atoms with Gasteiger partial charge in [0.1, 0.15) is 17.4 Å². The predicted octanol–water partition coefficient (Wildman–Crippen LogP) is 5.25. The Bertz CT molecular complexity index is 1170. The molecular weight excluding hydrogens is 438 g/mol. The first kappa shape index (κ1) is 24.0. The molecule has 1 heterocycles. The van der Waals surface area contributed by atoms with E-state index in [0.717, 1.165) is 0 Å². The number of benzene rings is 3. The highest BCUT2D eigenvalue weighted by atomic mass is 35.5. The van der Waals surface area contributed by atoms with Gasteiger partial charge in [0.05, 0.1) is 0 Å². The second-order valence-electron chi connectivity index (χ2n) is 7.09. The molecule has 2 unspecified atom stereocenters. The summed E-state index contributed by atoms with van der Waals surface area (Å²) in [6.07, 6.45) is -0.890. The molecule has 4 aromatic rings. The van der Waals surface area contributed by atoms with Crippen LogP contribution in [0, 0.1) is 0 Å². The van der Waals surface area contributed by atoms with Crippen LogP contribution in [0.2, 0.25) is 5.15 Å². The average Bonchev–Trinajstić information content (AvgIpc) is 2.89. The minimum atomic E-state index is -1.21. The topological polar surface area (TPSA) is 87.5 Å². The number of halogens is 1. The molecule has 0 amide bonds. The number of hydrogen-bond acceptors (Lipinski definition) is 5. The predicted molar refractivity (Wildman–Crippen MR) is 127 cm³/mol. The Morgan fingerprint density at radius 1 is 0.606 bits per heavy atom. The molecule has 4 rings (SSSR count). The van der Waals surface area contributed by atoms with Gasteiger partial charge in [-0.15, -0.1) is 0 Å². The van der Waals surface area contributed by atoms with Gasteiger partial charge in [-0.1, -0.05) is 109 Å². The molecule has 0 radical (unpaired) electrons. The first-order chi connectivity index (χ1) is 16.0. The molecule has 1 aromatic heterocycles. The molecule has 0 saturated carbocycles. The molecule has 0 spiro atoms. The first-order valence-electron chi connectivity index (χ1n) is 10.2. The highest BCUT2D eigenvalue weighted by molar-refractivity contribution is 6.29. The molecule has 0 fully saturated rings. The van der Waals surface area contributed by atoms with Crippen molar-refractivity contribution < 1.29 is 19.8 Å². The summed E-state index contributed by atoms with van der Waals surface area (Å²) in [5, 5.41) is 20.1. The average molecular weight is 460 g/mol. The number of ketones is 2. The maximum atomic E-state index is 11.9. The Balaban J connectivity index is 0.000000186. The molecule has 0 saturated heterocycles. The lowest BCUT2D eigenvalue weighted by Gasteiger charge is -2.09. The van der Waals surface area contributed by atoms with Gasteiger partial charge in [-0.3, -0.25) is 9.59 Å². The molecule has 0 bridgehead atoms. The van der Waals surface area contributed by atoms with E-state index in [0.29, 0.717) is 27.4 Å². The van der Waals surface area contributed by atoms with Crippen LogP contribution in [0.15, 0.2) is 109 Å². The molecule has 6 heteroatoms. The summed E-state index contributed by atoms with van der Waals surface area (Å²) in [5.41, 5.74) is 2.05. The van der Waals surface area contributed by atoms with Crippen LogP contribution in [0.25, 0.3) is 0 Å². The highest BCUT2D eigenvalue weighted by Gasteiger charge is 2.19. The number of aromatic nitrogens is 1. The van der Waals surface area contributed by atoms with Gasteiger partial charge in [-0.05, 0) is 11.6 Å². The van der Waals surface area contributed by atoms with E-state index in [1.54, 1.807) is 84.9 Å². The number of nitrogens with zero attached hydrogens (tertiary/aromatic N) is 1. The summed E-state index contributed by atoms with van der Waals surface area (Å²) in [7, 11) is 0. The van der Waals surface area contributed by atoms with Crippen molar-refractivity contribution in [1.29, 1.82) is 0 Å². The lowest BCUT2D eigenvalue weighted by Crippen LogP contribution is -2.12. The second kappa shape index (κ2) is 11.8. The molecule has 3 aromatic carbocycles. The third kappa shape index (κ3) is 6.67. The number of pyridine rings is 1. The molecule has 0 aliphatic rings. The first-order valence-corrected chi connectivity index (χ1v) is 10.6. The number of hydrogen-bond donors (Lipinski definition) is 2. The van der Waals surface area contributed by atoms with Gasteiger partial charge in [-0.25, -0.2) is 4.98 Å². The fourth-order valence-electron chi connectivity index (χ4n) is 3.01. The van der Waals surface area contributed by atoms with E-state index in [4.69, 9.17) is 11.6 Å². The molecule has 2 atom stereocenters. The third-order valence-electron chi connectivity index (χ3n) is 4.79. The normalized spacial score (nSPS) is 12.1. The maximum absolute atomic E-state index is 11.9. The Morgan fingerprint density at radius 2 is 1.03 bits per heavy atom. The van der Waals surface area contributed by atoms with Crippen molar-refractivity contribution in [1.82, 2.24) is 4.98 Å². The minimum Gasteiger partial charge on any atom is -0.380 e. The summed E-state index contributed by atoms with van der Waals surface area (Å²) in [6, 6.07) is 29.5. The van der Waals surface area contributed by atoms with E-state index in [9.17, 15) is 19.8 Å². The molecule has 33 heavy (non-hydrogen) atoms. The van der Waals surface area contributed by atoms with Gasteiger partial charge in [0, 0.05) is 22.9 Å². The number of aliphatic hydroxyl groups excluding tert-OH is 2. The van der Waals surface area contributed by atoms with Crippen LogP contribution in [-0.4, -0.2) is 26.8 Å². The van der Waals surface area contributed by atoms with Crippen LogP contribution in [0.5, 0.6) is 0 Å². The molecule has 5 nitrogen and oxygen atoms in total. The van der Waals surface area contributed by atoms with E-state index in [2.05, 4.69) is 4.98 Å². The van der Waals surface area contributed by atoms with Gasteiger partial charge in [0.15, 0.2) is 11.6 Å². The summed E-state index contributed by atoms with van der Waals surface area (Å²) < 4.78 is 0. The van der Waals surface area contributed by atoms with Crippen LogP contribution in [0.3, 0.4) is 0 Å². The fraction of sp³-hybridized carbons (Fsp3) is 0.0741. The number of rotatable bonds is 6. The molecular formula is C27H22ClNO4. The van der Waals surface area contributed by atoms with E-state index in [1.165, 1.54) is 6.20 Å². The van der Waals surface area contributed by atoms with Crippen molar-refractivity contribution in [2.24, 2.45) is 0 Å². The zero-order valence-corrected chi connectivity index (χ0v) is 18.3. The second-order valence-corrected chi connectivity index (χ2v) is 7.48. The molecule has 0 aliphatic carbocycles. The van der Waals surface area contributed by atoms with Crippen LogP contribution >= 0.6 is 11.6 Å². The summed E-state index contributed by atoms with van der Waals surface area (Å²) >= 11 is 5.64. The molecule has 166 valence electrons. The highest BCUT2D eigenvalue weighted by Crippen LogP contribution is 2.19. The van der Waals surface area contributed by atoms with Gasteiger partial charge in [-0.2, -0.15) is 0 Å². The van der Waals surface area contributed by atoms with Crippen molar-refractivity contribution in [3.8, 4) is 0 Å². The SMILES string of the molecule is O=C(c1ccccc1)C(O)c1ccc(Cl)nc1.O=C(c1ccccc1)C(O)c1ccccc1. The summed E-state index contributed by atoms with van der Waals surface area (Å²) in [4.78, 5) is 27.6. The van der Waals surface area contributed by atoms with Crippen LogP contribution in [0.1, 0.15) is 44.1 Å². The van der Waals surface area contributed by atoms with E-state index >= 15 is 0 Å². The third-order valence-corrected chi connectivity index (χ3v) is 5.02. The lowest BCUT2D eigenvalue weighted by atomic mass is 10.0. The van der Waals surface area contributed by atoms with Crippen molar-refractivity contribution in [2.75, 3.05) is 0 Å². The van der Waals surface area contributed by atoms with Gasteiger partial charge in [0.25, 0.3) is 0 Å². The molecule has 2 N–H and O–H groups in total. The minimum absolute atomic E-state index is 0.271. The fourth-order valence-corrected chi connectivity index (χ4v) is 3.12. The van der Waals surface area contributed by atoms with Crippen LogP contribution < -0.4 is 0 Å². The summed E-state index contributed by atoms with van der Waals surface area (Å²) in [6.45, 7) is 0. The van der Waals surface area contributed by atoms with Crippen molar-refractivity contribution in [2.45, 2.75) is 12.2 Å². The summed E-state index contributed by atoms with van der Waals surface area (Å²) in [5.74, 6) is -0.624. The quantitative estimate of drug-likeness (QED) is 0.303. The van der Waals surface area contributed by atoms with E-state index < -0.39 is 12.2 Å². The Kier molecular flexibility index (Phi) is 8.61. The smallest absolute Gasteiger partial charge is 0.195 e. The van der Waals surface area contributed by atoms with Crippen molar-refractivity contribution >= 4 is 23.2 Å². The Morgan fingerprint density at radius 3 is 1.45 bits per heavy atom. The van der Waals surface area contributed by atoms with Crippen LogP contribution in [-0.2, 0) is 0 Å². The van der Waals surface area contributed by atoms with Crippen molar-refractivity contribution in [3.05, 3.63) is 137 Å². The van der Waals surface area contributed by atoms with E-state index in [1.807, 2.05) is 18.2 Å². The van der Waals surface area contributed by atoms with Crippen LogP contribution in [0.4, 0.5) is 0 Å². The molecule has 0 aliphatic heterocycles. The monoisotopic (exact) mass is 459 g/mol. The lowest BCUT2D eigenvalue weighted by molar-refractivity contribution is 0.0743. The van der Waals surface area contributed by atoms with Gasteiger partial charge < -0.3 is 10.2 Å². The number of carbonyl (C=O) groups excluding carboxylic acids is 2. The zero-order valence-electron chi connectivity index (χ0n) is 17.6. The maximum Gasteiger partial charge on any atom is 0.195 e. The van der Waals surface area contributed by atoms with Gasteiger partial charge >= 0.3 is 0 Å². The standard InChI is InChI=1S/C14H12O2.C13H10ClNO2/c15-13(11-7-3-1-4-8-11)14(16)12-9-5-2-6-10-12;14-11-7-6-10(8-15-11)13(17)12(16)9-4-2-1-3-5-9/h1-10,13,15H;1-8,13,17H. The number of Topliss-reactive ketones (excluding diaryl/α,β-unsaturated/α-hetero) is 2. The zero-order chi connectivity index (χ0) is 23.6. The van der Waals surface area contributed by atoms with E-state index in [-0.39, 0.29) is 11.6 Å².